The van der Waals surface area contributed by atoms with Gasteiger partial charge >= 0.3 is 0 Å². The van der Waals surface area contributed by atoms with Crippen LogP contribution in [0.2, 0.25) is 0 Å². The predicted molar refractivity (Wildman–Crippen MR) is 102 cm³/mol. The quantitative estimate of drug-likeness (QED) is 0.809. The van der Waals surface area contributed by atoms with Crippen molar-refractivity contribution in [1.29, 1.82) is 0 Å². The Labute approximate surface area is 154 Å². The third-order valence-electron chi connectivity index (χ3n) is 4.17. The second-order valence-corrected chi connectivity index (χ2v) is 6.34. The molecular weight excluding hydrogens is 330 g/mol. The number of hydrazine groups is 1. The molecule has 2 amide bonds. The number of aryl methyl sites for hydroxylation is 1. The Hall–Kier alpha value is -3.02. The van der Waals surface area contributed by atoms with Crippen molar-refractivity contribution in [3.05, 3.63) is 59.2 Å². The SMILES string of the molecule is Cc1cccc(O[C@@H](C)C(=O)NNC(=O)c2ccc(N(C)C)cc2)c1C. The molecule has 6 heteroatoms. The highest BCUT2D eigenvalue weighted by Gasteiger charge is 2.17. The van der Waals surface area contributed by atoms with Crippen LogP contribution in [0, 0.1) is 13.8 Å². The maximum Gasteiger partial charge on any atom is 0.279 e. The zero-order chi connectivity index (χ0) is 19.3. The lowest BCUT2D eigenvalue weighted by Crippen LogP contribution is -2.47. The Bertz CT molecular complexity index is 785. The van der Waals surface area contributed by atoms with E-state index in [0.717, 1.165) is 16.8 Å². The van der Waals surface area contributed by atoms with Gasteiger partial charge in [0.1, 0.15) is 5.75 Å². The molecule has 2 N–H and O–H groups in total. The molecule has 0 aliphatic rings. The van der Waals surface area contributed by atoms with E-state index in [-0.39, 0.29) is 5.91 Å². The number of ether oxygens (including phenoxy) is 1. The van der Waals surface area contributed by atoms with Gasteiger partial charge in [0.25, 0.3) is 11.8 Å². The van der Waals surface area contributed by atoms with Gasteiger partial charge in [-0.2, -0.15) is 0 Å². The summed E-state index contributed by atoms with van der Waals surface area (Å²) in [6, 6.07) is 12.7. The Morgan fingerprint density at radius 3 is 2.27 bits per heavy atom. The van der Waals surface area contributed by atoms with E-state index in [4.69, 9.17) is 4.74 Å². The first-order valence-electron chi connectivity index (χ1n) is 8.40. The molecular formula is C20H25N3O3. The fourth-order valence-corrected chi connectivity index (χ4v) is 2.30. The molecule has 0 aliphatic carbocycles. The molecule has 0 radical (unpaired) electrons. The molecule has 0 bridgehead atoms. The monoisotopic (exact) mass is 355 g/mol. The smallest absolute Gasteiger partial charge is 0.279 e. The van der Waals surface area contributed by atoms with Crippen LogP contribution in [0.5, 0.6) is 5.75 Å². The summed E-state index contributed by atoms with van der Waals surface area (Å²) in [5.41, 5.74) is 8.32. The van der Waals surface area contributed by atoms with Crippen LogP contribution in [0.25, 0.3) is 0 Å². The summed E-state index contributed by atoms with van der Waals surface area (Å²) in [4.78, 5) is 26.2. The highest BCUT2D eigenvalue weighted by Crippen LogP contribution is 2.21. The van der Waals surface area contributed by atoms with E-state index in [1.165, 1.54) is 0 Å². The molecule has 0 unspecified atom stereocenters. The molecule has 2 aromatic carbocycles. The van der Waals surface area contributed by atoms with Gasteiger partial charge in [0.05, 0.1) is 0 Å². The number of amides is 2. The van der Waals surface area contributed by atoms with E-state index >= 15 is 0 Å². The van der Waals surface area contributed by atoms with Gasteiger partial charge in [-0.3, -0.25) is 20.4 Å². The average molecular weight is 355 g/mol. The number of hydrogen-bond donors (Lipinski definition) is 2. The minimum atomic E-state index is -0.744. The number of hydrogen-bond acceptors (Lipinski definition) is 4. The maximum atomic E-state index is 12.2. The van der Waals surface area contributed by atoms with Gasteiger partial charge in [-0.15, -0.1) is 0 Å². The molecule has 0 aliphatic heterocycles. The number of nitrogens with one attached hydrogen (secondary N) is 2. The maximum absolute atomic E-state index is 12.2. The molecule has 138 valence electrons. The first kappa shape index (κ1) is 19.3. The van der Waals surface area contributed by atoms with Gasteiger partial charge < -0.3 is 9.64 Å². The van der Waals surface area contributed by atoms with Crippen LogP contribution in [-0.4, -0.2) is 32.0 Å². The van der Waals surface area contributed by atoms with Crippen molar-refractivity contribution >= 4 is 17.5 Å². The summed E-state index contributed by atoms with van der Waals surface area (Å²) in [6.07, 6.45) is -0.744. The Kier molecular flexibility index (Phi) is 6.22. The van der Waals surface area contributed by atoms with Crippen LogP contribution in [0.4, 0.5) is 5.69 Å². The largest absolute Gasteiger partial charge is 0.481 e. The van der Waals surface area contributed by atoms with Crippen molar-refractivity contribution < 1.29 is 14.3 Å². The molecule has 0 saturated carbocycles. The van der Waals surface area contributed by atoms with Crippen molar-refractivity contribution in [3.63, 3.8) is 0 Å². The molecule has 2 rings (SSSR count). The molecule has 2 aromatic rings. The average Bonchev–Trinajstić information content (AvgIpc) is 2.63. The Morgan fingerprint density at radius 1 is 1.00 bits per heavy atom. The topological polar surface area (TPSA) is 70.7 Å². The van der Waals surface area contributed by atoms with Crippen LogP contribution in [0.3, 0.4) is 0 Å². The summed E-state index contributed by atoms with van der Waals surface area (Å²) in [5.74, 6) is -0.162. The third kappa shape index (κ3) is 4.75. The van der Waals surface area contributed by atoms with Crippen molar-refractivity contribution in [2.75, 3.05) is 19.0 Å². The molecule has 0 saturated heterocycles. The summed E-state index contributed by atoms with van der Waals surface area (Å²) >= 11 is 0. The van der Waals surface area contributed by atoms with E-state index < -0.39 is 12.0 Å². The van der Waals surface area contributed by atoms with Crippen LogP contribution in [0.1, 0.15) is 28.4 Å². The van der Waals surface area contributed by atoms with E-state index in [1.807, 2.05) is 63.2 Å². The van der Waals surface area contributed by atoms with E-state index in [1.54, 1.807) is 19.1 Å². The van der Waals surface area contributed by atoms with Gasteiger partial charge in [0.2, 0.25) is 0 Å². The minimum absolute atomic E-state index is 0.386. The summed E-state index contributed by atoms with van der Waals surface area (Å²) in [5, 5.41) is 0. The molecule has 0 spiro atoms. The fourth-order valence-electron chi connectivity index (χ4n) is 2.30. The number of anilines is 1. The number of rotatable bonds is 5. The predicted octanol–water partition coefficient (Wildman–Crippen LogP) is 2.60. The standard InChI is InChI=1S/C20H25N3O3/c1-13-7-6-8-18(14(13)2)26-15(3)19(24)21-22-20(25)16-9-11-17(12-10-16)23(4)5/h6-12,15H,1-5H3,(H,21,24)(H,22,25)/t15-/m0/s1. The lowest BCUT2D eigenvalue weighted by Gasteiger charge is -2.17. The van der Waals surface area contributed by atoms with E-state index in [9.17, 15) is 9.59 Å². The normalized spacial score (nSPS) is 11.4. The fraction of sp³-hybridized carbons (Fsp3) is 0.300. The van der Waals surface area contributed by atoms with Crippen LogP contribution in [0.15, 0.2) is 42.5 Å². The Morgan fingerprint density at radius 2 is 1.65 bits per heavy atom. The summed E-state index contributed by atoms with van der Waals surface area (Å²) in [7, 11) is 3.85. The highest BCUT2D eigenvalue weighted by atomic mass is 16.5. The van der Waals surface area contributed by atoms with Crippen molar-refractivity contribution in [3.8, 4) is 5.75 Å². The lowest BCUT2D eigenvalue weighted by molar-refractivity contribution is -0.128. The van der Waals surface area contributed by atoms with Gasteiger partial charge in [-0.1, -0.05) is 12.1 Å². The first-order valence-corrected chi connectivity index (χ1v) is 8.40. The van der Waals surface area contributed by atoms with Crippen molar-refractivity contribution in [1.82, 2.24) is 10.9 Å². The zero-order valence-corrected chi connectivity index (χ0v) is 15.8. The van der Waals surface area contributed by atoms with Gasteiger partial charge in [0, 0.05) is 25.3 Å². The minimum Gasteiger partial charge on any atom is -0.481 e. The van der Waals surface area contributed by atoms with Gasteiger partial charge in [0.15, 0.2) is 6.10 Å². The number of benzene rings is 2. The molecule has 0 aromatic heterocycles. The molecule has 6 nitrogen and oxygen atoms in total. The van der Waals surface area contributed by atoms with Crippen LogP contribution in [-0.2, 0) is 4.79 Å². The number of carbonyl (C=O) groups is 2. The summed E-state index contributed by atoms with van der Waals surface area (Å²) in [6.45, 7) is 5.55. The van der Waals surface area contributed by atoms with Gasteiger partial charge in [-0.05, 0) is 62.2 Å². The molecule has 26 heavy (non-hydrogen) atoms. The van der Waals surface area contributed by atoms with E-state index in [0.29, 0.717) is 11.3 Å². The Balaban J connectivity index is 1.90. The molecule has 1 atom stereocenters. The van der Waals surface area contributed by atoms with Crippen LogP contribution < -0.4 is 20.5 Å². The second kappa shape index (κ2) is 8.38. The molecule has 0 heterocycles. The number of nitrogens with zero attached hydrogens (tertiary/aromatic N) is 1. The third-order valence-corrected chi connectivity index (χ3v) is 4.17. The highest BCUT2D eigenvalue weighted by molar-refractivity contribution is 5.96. The van der Waals surface area contributed by atoms with Crippen LogP contribution >= 0.6 is 0 Å². The second-order valence-electron chi connectivity index (χ2n) is 6.34. The number of carbonyl (C=O) groups excluding carboxylic acids is 2. The molecule has 0 fully saturated rings. The van der Waals surface area contributed by atoms with Crippen molar-refractivity contribution in [2.45, 2.75) is 26.9 Å². The zero-order valence-electron chi connectivity index (χ0n) is 15.8. The van der Waals surface area contributed by atoms with Gasteiger partial charge in [-0.25, -0.2) is 0 Å². The summed E-state index contributed by atoms with van der Waals surface area (Å²) < 4.78 is 5.70. The first-order chi connectivity index (χ1) is 12.3. The van der Waals surface area contributed by atoms with E-state index in [2.05, 4.69) is 10.9 Å². The lowest BCUT2D eigenvalue weighted by atomic mass is 10.1. The van der Waals surface area contributed by atoms with Crippen molar-refractivity contribution in [2.24, 2.45) is 0 Å².